The van der Waals surface area contributed by atoms with E-state index in [0.717, 1.165) is 11.1 Å². The lowest BCUT2D eigenvalue weighted by molar-refractivity contribution is 0.0954. The van der Waals surface area contributed by atoms with Gasteiger partial charge in [-0.25, -0.2) is 4.98 Å². The van der Waals surface area contributed by atoms with Crippen molar-refractivity contribution in [3.05, 3.63) is 63.6 Å². The summed E-state index contributed by atoms with van der Waals surface area (Å²) >= 11 is 18.1. The third-order valence-corrected chi connectivity index (χ3v) is 5.31. The second-order valence-corrected chi connectivity index (χ2v) is 7.28. The zero-order valence-electron chi connectivity index (χ0n) is 13.7. The summed E-state index contributed by atoms with van der Waals surface area (Å²) in [7, 11) is 0. The maximum Gasteiger partial charge on any atom is 0.277 e. The van der Waals surface area contributed by atoms with Crippen molar-refractivity contribution in [1.82, 2.24) is 14.8 Å². The number of benzene rings is 1. The van der Waals surface area contributed by atoms with Gasteiger partial charge in [-0.1, -0.05) is 34.8 Å². The smallest absolute Gasteiger partial charge is 0.277 e. The van der Waals surface area contributed by atoms with Crippen LogP contribution in [0.3, 0.4) is 0 Å². The molecule has 0 fully saturated rings. The summed E-state index contributed by atoms with van der Waals surface area (Å²) in [5, 5.41) is 5.63. The Morgan fingerprint density at radius 3 is 2.65 bits per heavy atom. The minimum atomic E-state index is -0.151. The molecule has 1 aliphatic rings. The molecule has 1 atom stereocenters. The first-order valence-corrected chi connectivity index (χ1v) is 9.05. The molecule has 132 valence electrons. The molecule has 4 rings (SSSR count). The average molecular weight is 408 g/mol. The maximum absolute atomic E-state index is 13.2. The summed E-state index contributed by atoms with van der Waals surface area (Å²) in [6.45, 7) is 2.50. The van der Waals surface area contributed by atoms with Crippen LogP contribution in [-0.4, -0.2) is 27.2 Å². The van der Waals surface area contributed by atoms with Gasteiger partial charge in [-0.15, -0.1) is 0 Å². The third-order valence-electron chi connectivity index (χ3n) is 4.36. The monoisotopic (exact) mass is 406 g/mol. The Morgan fingerprint density at radius 2 is 1.92 bits per heavy atom. The van der Waals surface area contributed by atoms with Gasteiger partial charge in [-0.3, -0.25) is 9.48 Å². The van der Waals surface area contributed by atoms with Crippen molar-refractivity contribution in [2.45, 2.75) is 13.0 Å². The van der Waals surface area contributed by atoms with Gasteiger partial charge in [0.1, 0.15) is 10.8 Å². The first-order valence-electron chi connectivity index (χ1n) is 7.92. The summed E-state index contributed by atoms with van der Waals surface area (Å²) in [4.78, 5) is 18.9. The Labute approximate surface area is 165 Å². The second kappa shape index (κ2) is 6.58. The second-order valence-electron chi connectivity index (χ2n) is 6.08. The molecule has 2 aromatic heterocycles. The Kier molecular flexibility index (Phi) is 4.39. The van der Waals surface area contributed by atoms with Gasteiger partial charge >= 0.3 is 0 Å². The molecular weight excluding hydrogens is 395 g/mol. The highest BCUT2D eigenvalue weighted by atomic mass is 35.5. The highest BCUT2D eigenvalue weighted by Gasteiger charge is 2.33. The number of fused-ring (bicyclic) bond motifs is 1. The van der Waals surface area contributed by atoms with Crippen LogP contribution >= 0.6 is 34.8 Å². The van der Waals surface area contributed by atoms with Crippen LogP contribution in [0.5, 0.6) is 0 Å². The molecular formula is C18H13Cl3N4O. The Hall–Kier alpha value is -2.08. The molecule has 0 radical (unpaired) electrons. The number of anilines is 1. The van der Waals surface area contributed by atoms with E-state index in [1.54, 1.807) is 52.3 Å². The number of rotatable bonds is 2. The van der Waals surface area contributed by atoms with Crippen LogP contribution in [0, 0.1) is 0 Å². The first kappa shape index (κ1) is 17.3. The quantitative estimate of drug-likeness (QED) is 0.554. The van der Waals surface area contributed by atoms with E-state index in [1.165, 1.54) is 0 Å². The topological polar surface area (TPSA) is 51.0 Å². The van der Waals surface area contributed by atoms with Crippen molar-refractivity contribution < 1.29 is 4.79 Å². The van der Waals surface area contributed by atoms with Gasteiger partial charge in [0.15, 0.2) is 0 Å². The number of hydrogen-bond acceptors (Lipinski definition) is 3. The maximum atomic E-state index is 13.2. The molecule has 0 spiro atoms. The first-order chi connectivity index (χ1) is 12.5. The third kappa shape index (κ3) is 2.86. The Balaban J connectivity index is 1.82. The van der Waals surface area contributed by atoms with Crippen molar-refractivity contribution in [3.8, 4) is 11.1 Å². The summed E-state index contributed by atoms with van der Waals surface area (Å²) in [6, 6.07) is 8.70. The van der Waals surface area contributed by atoms with Crippen molar-refractivity contribution >= 4 is 46.4 Å². The van der Waals surface area contributed by atoms with Crippen LogP contribution in [0.2, 0.25) is 15.2 Å². The summed E-state index contributed by atoms with van der Waals surface area (Å²) in [6.07, 6.45) is 3.29. The molecule has 0 N–H and O–H groups in total. The van der Waals surface area contributed by atoms with E-state index in [-0.39, 0.29) is 11.9 Å². The lowest BCUT2D eigenvalue weighted by Gasteiger charge is -2.32. The van der Waals surface area contributed by atoms with Crippen molar-refractivity contribution in [1.29, 1.82) is 0 Å². The van der Waals surface area contributed by atoms with Gasteiger partial charge in [-0.2, -0.15) is 5.10 Å². The van der Waals surface area contributed by atoms with Gasteiger partial charge in [0, 0.05) is 24.0 Å². The molecule has 1 aromatic carbocycles. The van der Waals surface area contributed by atoms with E-state index >= 15 is 0 Å². The van der Waals surface area contributed by atoms with E-state index in [0.29, 0.717) is 33.1 Å². The van der Waals surface area contributed by atoms with Gasteiger partial charge in [-0.05, 0) is 42.8 Å². The molecule has 5 nitrogen and oxygen atoms in total. The fraction of sp³-hybridized carbons (Fsp3) is 0.167. The molecule has 0 unspecified atom stereocenters. The molecule has 0 saturated carbocycles. The predicted octanol–water partition coefficient (Wildman–Crippen LogP) is 5.13. The van der Waals surface area contributed by atoms with E-state index in [1.807, 2.05) is 6.92 Å². The SMILES string of the molecule is C[C@H]1CN(c2ccc(Cl)c(Cl)c2)C(=O)c2c(-c3ccnc(Cl)c3)cnn21. The summed E-state index contributed by atoms with van der Waals surface area (Å²) in [5.74, 6) is -0.151. The minimum absolute atomic E-state index is 0.00297. The van der Waals surface area contributed by atoms with Crippen molar-refractivity contribution in [3.63, 3.8) is 0 Å². The highest BCUT2D eigenvalue weighted by molar-refractivity contribution is 6.42. The molecule has 3 aromatic rings. The fourth-order valence-electron chi connectivity index (χ4n) is 3.12. The van der Waals surface area contributed by atoms with Crippen molar-refractivity contribution in [2.75, 3.05) is 11.4 Å². The van der Waals surface area contributed by atoms with Gasteiger partial charge in [0.25, 0.3) is 5.91 Å². The lowest BCUT2D eigenvalue weighted by Crippen LogP contribution is -2.42. The molecule has 0 bridgehead atoms. The van der Waals surface area contributed by atoms with Crippen LogP contribution in [0.4, 0.5) is 5.69 Å². The highest BCUT2D eigenvalue weighted by Crippen LogP contribution is 2.35. The molecule has 3 heterocycles. The van der Waals surface area contributed by atoms with Gasteiger partial charge in [0.05, 0.1) is 22.3 Å². The fourth-order valence-corrected chi connectivity index (χ4v) is 3.59. The molecule has 0 aliphatic carbocycles. The Bertz CT molecular complexity index is 1020. The number of pyridine rings is 1. The summed E-state index contributed by atoms with van der Waals surface area (Å²) < 4.78 is 1.75. The van der Waals surface area contributed by atoms with Crippen LogP contribution in [0.25, 0.3) is 11.1 Å². The van der Waals surface area contributed by atoms with Gasteiger partial charge < -0.3 is 4.90 Å². The molecule has 26 heavy (non-hydrogen) atoms. The number of aromatic nitrogens is 3. The number of nitrogens with zero attached hydrogens (tertiary/aromatic N) is 4. The van der Waals surface area contributed by atoms with E-state index in [4.69, 9.17) is 34.8 Å². The zero-order valence-corrected chi connectivity index (χ0v) is 15.9. The average Bonchev–Trinajstić information content (AvgIpc) is 3.06. The van der Waals surface area contributed by atoms with Gasteiger partial charge in [0.2, 0.25) is 0 Å². The molecule has 0 saturated heterocycles. The number of amides is 1. The zero-order chi connectivity index (χ0) is 18.4. The minimum Gasteiger partial charge on any atom is -0.305 e. The number of carbonyl (C=O) groups is 1. The number of halogens is 3. The van der Waals surface area contributed by atoms with Crippen LogP contribution in [0.1, 0.15) is 23.5 Å². The van der Waals surface area contributed by atoms with E-state index in [9.17, 15) is 4.79 Å². The van der Waals surface area contributed by atoms with Crippen LogP contribution in [0.15, 0.2) is 42.7 Å². The predicted molar refractivity (Wildman–Crippen MR) is 103 cm³/mol. The number of hydrogen-bond donors (Lipinski definition) is 0. The molecule has 8 heteroatoms. The Morgan fingerprint density at radius 1 is 1.12 bits per heavy atom. The largest absolute Gasteiger partial charge is 0.305 e. The normalized spacial score (nSPS) is 16.7. The summed E-state index contributed by atoms with van der Waals surface area (Å²) in [5.41, 5.74) is 2.72. The van der Waals surface area contributed by atoms with Crippen LogP contribution < -0.4 is 4.90 Å². The standard InChI is InChI=1S/C18H13Cl3N4O/c1-10-9-24(12-2-3-14(19)15(20)7-12)18(26)17-13(8-23-25(10)17)11-4-5-22-16(21)6-11/h2-8,10H,9H2,1H3/t10-/m0/s1. The van der Waals surface area contributed by atoms with Crippen LogP contribution in [-0.2, 0) is 0 Å². The molecule has 1 aliphatic heterocycles. The van der Waals surface area contributed by atoms with E-state index < -0.39 is 0 Å². The lowest BCUT2D eigenvalue weighted by atomic mass is 10.0. The molecule has 1 amide bonds. The number of carbonyl (C=O) groups excluding carboxylic acids is 1. The van der Waals surface area contributed by atoms with Crippen molar-refractivity contribution in [2.24, 2.45) is 0 Å². The van der Waals surface area contributed by atoms with E-state index in [2.05, 4.69) is 10.1 Å².